The summed E-state index contributed by atoms with van der Waals surface area (Å²) >= 11 is 0. The van der Waals surface area contributed by atoms with Crippen molar-refractivity contribution in [2.24, 2.45) is 0 Å². The van der Waals surface area contributed by atoms with Crippen LogP contribution in [0.25, 0.3) is 11.1 Å². The first-order valence-electron chi connectivity index (χ1n) is 16.3. The van der Waals surface area contributed by atoms with Gasteiger partial charge in [-0.05, 0) is 67.6 Å². The molecule has 0 aliphatic carbocycles. The Hall–Kier alpha value is -3.87. The van der Waals surface area contributed by atoms with Crippen LogP contribution in [-0.2, 0) is 0 Å². The molecule has 0 spiro atoms. The van der Waals surface area contributed by atoms with Crippen LogP contribution in [0.2, 0.25) is 0 Å². The minimum Gasteiger partial charge on any atom is -0.494 e. The average molecular weight is 606 g/mol. The second-order valence-electron chi connectivity index (χ2n) is 11.2. The van der Waals surface area contributed by atoms with Gasteiger partial charge in [0.1, 0.15) is 5.75 Å². The van der Waals surface area contributed by atoms with Gasteiger partial charge >= 0.3 is 11.7 Å². The second kappa shape index (κ2) is 21.8. The lowest BCUT2D eigenvalue weighted by atomic mass is 10.0. The normalized spacial score (nSPS) is 11.2. The fraction of sp³-hybridized carbons (Fsp3) is 0.486. The summed E-state index contributed by atoms with van der Waals surface area (Å²) in [5.74, 6) is 0.195. The zero-order valence-corrected chi connectivity index (χ0v) is 26.8. The maximum Gasteiger partial charge on any atom is 0.335 e. The van der Waals surface area contributed by atoms with E-state index in [1.807, 2.05) is 43.3 Å². The van der Waals surface area contributed by atoms with E-state index in [1.165, 1.54) is 64.2 Å². The van der Waals surface area contributed by atoms with Crippen LogP contribution in [-0.4, -0.2) is 28.7 Å². The van der Waals surface area contributed by atoms with E-state index in [1.54, 1.807) is 36.4 Å². The van der Waals surface area contributed by atoms with Crippen LogP contribution in [0, 0.1) is 10.1 Å². The van der Waals surface area contributed by atoms with Gasteiger partial charge in [0.05, 0.1) is 23.2 Å². The van der Waals surface area contributed by atoms with E-state index in [9.17, 15) is 14.9 Å². The minimum absolute atomic E-state index is 0.0248. The van der Waals surface area contributed by atoms with Crippen LogP contribution >= 0.6 is 0 Å². The molecule has 0 saturated heterocycles. The first kappa shape index (κ1) is 36.3. The molecule has 240 valence electrons. The highest BCUT2D eigenvalue weighted by Gasteiger charge is 2.18. The molecule has 0 bridgehead atoms. The number of ether oxygens (including phenoxy) is 2. The third-order valence-electron chi connectivity index (χ3n) is 7.42. The van der Waals surface area contributed by atoms with Gasteiger partial charge in [-0.1, -0.05) is 114 Å². The van der Waals surface area contributed by atoms with Gasteiger partial charge in [-0.25, -0.2) is 4.79 Å². The molecule has 0 aliphatic heterocycles. The highest BCUT2D eigenvalue weighted by molar-refractivity contribution is 5.87. The number of carbonyl (C=O) groups is 1. The molecule has 0 fully saturated rings. The molecule has 3 rings (SSSR count). The van der Waals surface area contributed by atoms with E-state index < -0.39 is 5.97 Å². The van der Waals surface area contributed by atoms with Gasteiger partial charge in [0.25, 0.3) is 0 Å². The lowest BCUT2D eigenvalue weighted by Gasteiger charge is -2.15. The standard InChI is InChI=1S/C20H25NO3.C17H26O3/c1-3-4-5-7-10-16(2)24-20-14-13-18(15-19(20)21(22)23)17-11-8-6-9-12-17;1-2-3-4-5-6-7-8-9-14-20-16-12-10-15(11-13-16)17(18)19/h6,8-9,11-16H,3-5,7,10H2,1-2H3;10-13H,2-9,14H2,1H3,(H,18,19)/t16-;/m0./s1. The molecule has 1 atom stereocenters. The predicted octanol–water partition coefficient (Wildman–Crippen LogP) is 10.9. The van der Waals surface area contributed by atoms with Crippen LogP contribution in [0.5, 0.6) is 11.5 Å². The monoisotopic (exact) mass is 605 g/mol. The Morgan fingerprint density at radius 3 is 1.95 bits per heavy atom. The van der Waals surface area contributed by atoms with Crippen molar-refractivity contribution in [3.63, 3.8) is 0 Å². The summed E-state index contributed by atoms with van der Waals surface area (Å²) in [5.41, 5.74) is 2.10. The first-order chi connectivity index (χ1) is 21.3. The minimum atomic E-state index is -0.903. The predicted molar refractivity (Wildman–Crippen MR) is 179 cm³/mol. The second-order valence-corrected chi connectivity index (χ2v) is 11.2. The Morgan fingerprint density at radius 2 is 1.36 bits per heavy atom. The molecule has 44 heavy (non-hydrogen) atoms. The fourth-order valence-corrected chi connectivity index (χ4v) is 4.82. The summed E-state index contributed by atoms with van der Waals surface area (Å²) in [6.07, 6.45) is 15.8. The van der Waals surface area contributed by atoms with Crippen molar-refractivity contribution in [2.75, 3.05) is 6.61 Å². The molecule has 7 heteroatoms. The van der Waals surface area contributed by atoms with Crippen LogP contribution in [0.4, 0.5) is 5.69 Å². The van der Waals surface area contributed by atoms with Crippen molar-refractivity contribution < 1.29 is 24.3 Å². The molecule has 0 aromatic heterocycles. The third kappa shape index (κ3) is 14.5. The van der Waals surface area contributed by atoms with Crippen LogP contribution in [0.15, 0.2) is 72.8 Å². The van der Waals surface area contributed by atoms with Crippen molar-refractivity contribution >= 4 is 11.7 Å². The van der Waals surface area contributed by atoms with E-state index in [4.69, 9.17) is 14.6 Å². The number of nitrogens with zero attached hydrogens (tertiary/aromatic N) is 1. The molecule has 3 aromatic carbocycles. The highest BCUT2D eigenvalue weighted by atomic mass is 16.6. The molecule has 3 aromatic rings. The fourth-order valence-electron chi connectivity index (χ4n) is 4.82. The van der Waals surface area contributed by atoms with Gasteiger partial charge in [0.2, 0.25) is 0 Å². The van der Waals surface area contributed by atoms with E-state index in [2.05, 4.69) is 13.8 Å². The zero-order chi connectivity index (χ0) is 32.0. The van der Waals surface area contributed by atoms with Gasteiger partial charge in [0, 0.05) is 6.07 Å². The van der Waals surface area contributed by atoms with Gasteiger partial charge in [-0.2, -0.15) is 0 Å². The van der Waals surface area contributed by atoms with Crippen LogP contribution in [0.1, 0.15) is 115 Å². The average Bonchev–Trinajstić information content (AvgIpc) is 3.03. The number of unbranched alkanes of at least 4 members (excludes halogenated alkanes) is 10. The van der Waals surface area contributed by atoms with E-state index >= 15 is 0 Å². The number of nitro benzene ring substituents is 1. The zero-order valence-electron chi connectivity index (χ0n) is 26.8. The number of nitro groups is 1. The SMILES string of the molecule is CCCCCCCCCCOc1ccc(C(=O)O)cc1.CCCCCC[C@H](C)Oc1ccc(-c2ccccc2)cc1[N+](=O)[O-]. The first-order valence-corrected chi connectivity index (χ1v) is 16.3. The number of benzene rings is 3. The van der Waals surface area contributed by atoms with Crippen molar-refractivity contribution in [3.05, 3.63) is 88.5 Å². The summed E-state index contributed by atoms with van der Waals surface area (Å²) in [7, 11) is 0. The highest BCUT2D eigenvalue weighted by Crippen LogP contribution is 2.33. The molecule has 0 saturated carbocycles. The van der Waals surface area contributed by atoms with Crippen molar-refractivity contribution in [3.8, 4) is 22.6 Å². The lowest BCUT2D eigenvalue weighted by Crippen LogP contribution is -2.12. The molecular formula is C37H51NO6. The van der Waals surface area contributed by atoms with Crippen LogP contribution in [0.3, 0.4) is 0 Å². The smallest absolute Gasteiger partial charge is 0.335 e. The molecule has 0 unspecified atom stereocenters. The Morgan fingerprint density at radius 1 is 0.773 bits per heavy atom. The largest absolute Gasteiger partial charge is 0.494 e. The molecule has 0 amide bonds. The molecule has 0 heterocycles. The summed E-state index contributed by atoms with van der Waals surface area (Å²) in [6.45, 7) is 7.10. The Balaban J connectivity index is 0.000000312. The summed E-state index contributed by atoms with van der Waals surface area (Å²) in [6, 6.07) is 21.4. The maximum atomic E-state index is 11.4. The van der Waals surface area contributed by atoms with Crippen LogP contribution < -0.4 is 9.47 Å². The number of rotatable bonds is 20. The van der Waals surface area contributed by atoms with Crippen molar-refractivity contribution in [1.82, 2.24) is 0 Å². The number of carboxylic acid groups (broad SMARTS) is 1. The van der Waals surface area contributed by atoms with E-state index in [0.29, 0.717) is 17.9 Å². The van der Waals surface area contributed by atoms with Gasteiger partial charge < -0.3 is 14.6 Å². The number of aromatic carboxylic acids is 1. The lowest BCUT2D eigenvalue weighted by molar-refractivity contribution is -0.386. The van der Waals surface area contributed by atoms with Gasteiger partial charge in [-0.15, -0.1) is 0 Å². The number of hydrogen-bond donors (Lipinski definition) is 1. The molecular weight excluding hydrogens is 554 g/mol. The van der Waals surface area contributed by atoms with Crippen molar-refractivity contribution in [1.29, 1.82) is 0 Å². The summed E-state index contributed by atoms with van der Waals surface area (Å²) in [4.78, 5) is 21.7. The maximum absolute atomic E-state index is 11.4. The molecule has 0 radical (unpaired) electrons. The quantitative estimate of drug-likeness (QED) is 0.0781. The van der Waals surface area contributed by atoms with Crippen molar-refractivity contribution in [2.45, 2.75) is 110 Å². The molecule has 0 aliphatic rings. The number of hydrogen-bond acceptors (Lipinski definition) is 5. The Kier molecular flexibility index (Phi) is 18.0. The van der Waals surface area contributed by atoms with E-state index in [-0.39, 0.29) is 16.7 Å². The van der Waals surface area contributed by atoms with Gasteiger partial charge in [0.15, 0.2) is 5.75 Å². The Labute approximate surface area is 263 Å². The number of carboxylic acids is 1. The third-order valence-corrected chi connectivity index (χ3v) is 7.42. The molecule has 1 N–H and O–H groups in total. The summed E-state index contributed by atoms with van der Waals surface area (Å²) in [5, 5.41) is 20.2. The molecule has 7 nitrogen and oxygen atoms in total. The topological polar surface area (TPSA) is 98.9 Å². The van der Waals surface area contributed by atoms with Gasteiger partial charge in [-0.3, -0.25) is 10.1 Å². The Bertz CT molecular complexity index is 1210. The van der Waals surface area contributed by atoms with E-state index in [0.717, 1.165) is 36.1 Å². The summed E-state index contributed by atoms with van der Waals surface area (Å²) < 4.78 is 11.4.